The van der Waals surface area contributed by atoms with E-state index in [1.807, 2.05) is 0 Å². The monoisotopic (exact) mass is 223 g/mol. The standard InChI is InChI=1S/C8H8BClF3O/c1-14-8-3-2-6(4-7(8)10)5-9(11,12)13/h2-4H,5H2,1H3/q-1. The fourth-order valence-electron chi connectivity index (χ4n) is 1.10. The number of methoxy groups -OCH3 is 1. The number of halogens is 4. The van der Waals surface area contributed by atoms with Gasteiger partial charge in [-0.2, -0.15) is 0 Å². The van der Waals surface area contributed by atoms with Gasteiger partial charge in [0.2, 0.25) is 0 Å². The van der Waals surface area contributed by atoms with Crippen molar-refractivity contribution >= 4 is 18.6 Å². The molecular weight excluding hydrogens is 215 g/mol. The Bertz CT molecular complexity index is 327. The summed E-state index contributed by atoms with van der Waals surface area (Å²) in [5, 5.41) is 0.199. The summed E-state index contributed by atoms with van der Waals surface area (Å²) in [4.78, 5) is 0. The third-order valence-corrected chi connectivity index (χ3v) is 1.98. The van der Waals surface area contributed by atoms with Gasteiger partial charge >= 0.3 is 6.98 Å². The molecule has 1 aromatic rings. The summed E-state index contributed by atoms with van der Waals surface area (Å²) in [7, 11) is 1.41. The Morgan fingerprint density at radius 1 is 1.36 bits per heavy atom. The molecule has 0 bridgehead atoms. The van der Waals surface area contributed by atoms with Crippen LogP contribution in [-0.2, 0) is 6.32 Å². The first-order valence-electron chi connectivity index (χ1n) is 3.96. The number of hydrogen-bond acceptors (Lipinski definition) is 1. The molecule has 78 valence electrons. The van der Waals surface area contributed by atoms with Gasteiger partial charge in [0.1, 0.15) is 5.75 Å². The van der Waals surface area contributed by atoms with E-state index in [-0.39, 0.29) is 10.6 Å². The first-order chi connectivity index (χ1) is 6.42. The van der Waals surface area contributed by atoms with Crippen molar-refractivity contribution in [3.8, 4) is 5.75 Å². The summed E-state index contributed by atoms with van der Waals surface area (Å²) < 4.78 is 41.0. The fraction of sp³-hybridized carbons (Fsp3) is 0.250. The van der Waals surface area contributed by atoms with Crippen LogP contribution in [0.3, 0.4) is 0 Å². The molecule has 0 saturated carbocycles. The van der Waals surface area contributed by atoms with Crippen LogP contribution in [0.2, 0.25) is 5.02 Å². The molecule has 0 N–H and O–H groups in total. The predicted molar refractivity (Wildman–Crippen MR) is 50.8 cm³/mol. The quantitative estimate of drug-likeness (QED) is 0.715. The van der Waals surface area contributed by atoms with Crippen molar-refractivity contribution in [3.63, 3.8) is 0 Å². The second-order valence-corrected chi connectivity index (χ2v) is 3.29. The summed E-state index contributed by atoms with van der Waals surface area (Å²) in [5.74, 6) is 0.380. The van der Waals surface area contributed by atoms with Crippen LogP contribution in [0, 0.1) is 0 Å². The van der Waals surface area contributed by atoms with Crippen molar-refractivity contribution in [2.45, 2.75) is 6.32 Å². The maximum atomic E-state index is 12.0. The highest BCUT2D eigenvalue weighted by Crippen LogP contribution is 2.27. The van der Waals surface area contributed by atoms with E-state index in [0.717, 1.165) is 0 Å². The molecule has 0 aromatic heterocycles. The van der Waals surface area contributed by atoms with E-state index in [4.69, 9.17) is 16.3 Å². The molecular formula is C8H8BClF3O-. The summed E-state index contributed by atoms with van der Waals surface area (Å²) in [6.07, 6.45) is -0.913. The number of hydrogen-bond donors (Lipinski definition) is 0. The van der Waals surface area contributed by atoms with Crippen molar-refractivity contribution < 1.29 is 17.7 Å². The molecule has 14 heavy (non-hydrogen) atoms. The van der Waals surface area contributed by atoms with Gasteiger partial charge < -0.3 is 17.7 Å². The molecule has 0 spiro atoms. The van der Waals surface area contributed by atoms with E-state index in [1.165, 1.54) is 25.3 Å². The second kappa shape index (κ2) is 4.13. The lowest BCUT2D eigenvalue weighted by Gasteiger charge is -2.14. The zero-order chi connectivity index (χ0) is 10.8. The van der Waals surface area contributed by atoms with E-state index < -0.39 is 13.3 Å². The molecule has 1 aromatic carbocycles. The maximum Gasteiger partial charge on any atom is 0.482 e. The molecule has 0 atom stereocenters. The topological polar surface area (TPSA) is 9.23 Å². The summed E-state index contributed by atoms with van der Waals surface area (Å²) in [5.41, 5.74) is 0.156. The molecule has 0 aliphatic heterocycles. The largest absolute Gasteiger partial charge is 0.495 e. The van der Waals surface area contributed by atoms with Gasteiger partial charge in [0, 0.05) is 0 Å². The summed E-state index contributed by atoms with van der Waals surface area (Å²) >= 11 is 5.67. The molecule has 0 fully saturated rings. The molecule has 1 nitrogen and oxygen atoms in total. The lowest BCUT2D eigenvalue weighted by Crippen LogP contribution is -2.19. The Balaban J connectivity index is 2.87. The minimum absolute atomic E-state index is 0.156. The van der Waals surface area contributed by atoms with E-state index in [2.05, 4.69) is 0 Å². The zero-order valence-electron chi connectivity index (χ0n) is 7.44. The van der Waals surface area contributed by atoms with Gasteiger partial charge in [-0.15, -0.1) is 0 Å². The van der Waals surface area contributed by atoms with E-state index >= 15 is 0 Å². The van der Waals surface area contributed by atoms with Gasteiger partial charge in [-0.25, -0.2) is 0 Å². The first-order valence-corrected chi connectivity index (χ1v) is 4.33. The van der Waals surface area contributed by atoms with Crippen LogP contribution in [0.1, 0.15) is 5.56 Å². The van der Waals surface area contributed by atoms with Gasteiger partial charge in [-0.05, 0) is 12.1 Å². The highest BCUT2D eigenvalue weighted by atomic mass is 35.5. The van der Waals surface area contributed by atoms with Crippen LogP contribution in [-0.4, -0.2) is 14.1 Å². The second-order valence-electron chi connectivity index (χ2n) is 2.88. The van der Waals surface area contributed by atoms with Crippen LogP contribution in [0.4, 0.5) is 12.9 Å². The molecule has 1 rings (SSSR count). The lowest BCUT2D eigenvalue weighted by molar-refractivity contribution is 0.414. The van der Waals surface area contributed by atoms with Gasteiger partial charge in [-0.3, -0.25) is 0 Å². The molecule has 0 radical (unpaired) electrons. The molecule has 0 aliphatic carbocycles. The van der Waals surface area contributed by atoms with Crippen LogP contribution < -0.4 is 4.74 Å². The van der Waals surface area contributed by atoms with Crippen LogP contribution >= 0.6 is 11.6 Å². The zero-order valence-corrected chi connectivity index (χ0v) is 8.19. The minimum Gasteiger partial charge on any atom is -0.495 e. The normalized spacial score (nSPS) is 11.5. The summed E-state index contributed by atoms with van der Waals surface area (Å²) in [6.45, 7) is -4.81. The van der Waals surface area contributed by atoms with E-state index in [0.29, 0.717) is 5.75 Å². The van der Waals surface area contributed by atoms with Crippen molar-refractivity contribution in [3.05, 3.63) is 28.8 Å². The maximum absolute atomic E-state index is 12.0. The van der Waals surface area contributed by atoms with Crippen molar-refractivity contribution in [2.24, 2.45) is 0 Å². The Labute approximate surface area is 84.9 Å². The summed E-state index contributed by atoms with van der Waals surface area (Å²) in [6, 6.07) is 4.06. The van der Waals surface area contributed by atoms with Crippen LogP contribution in [0.25, 0.3) is 0 Å². The van der Waals surface area contributed by atoms with Crippen LogP contribution in [0.15, 0.2) is 18.2 Å². The number of ether oxygens (including phenoxy) is 1. The molecule has 6 heteroatoms. The van der Waals surface area contributed by atoms with E-state index in [9.17, 15) is 12.9 Å². The molecule has 0 unspecified atom stereocenters. The molecule has 0 heterocycles. The van der Waals surface area contributed by atoms with Crippen molar-refractivity contribution in [2.75, 3.05) is 7.11 Å². The Kier molecular flexibility index (Phi) is 3.31. The average molecular weight is 223 g/mol. The molecule has 0 amide bonds. The van der Waals surface area contributed by atoms with Gasteiger partial charge in [0.15, 0.2) is 0 Å². The Hall–Kier alpha value is -0.835. The smallest absolute Gasteiger partial charge is 0.482 e. The van der Waals surface area contributed by atoms with Crippen LogP contribution in [0.5, 0.6) is 5.75 Å². The third kappa shape index (κ3) is 3.14. The SMILES string of the molecule is COc1ccc(C[B-](F)(F)F)cc1Cl. The van der Waals surface area contributed by atoms with Gasteiger partial charge in [-0.1, -0.05) is 29.6 Å². The molecule has 0 saturated heterocycles. The Morgan fingerprint density at radius 3 is 2.43 bits per heavy atom. The highest BCUT2D eigenvalue weighted by Gasteiger charge is 2.23. The third-order valence-electron chi connectivity index (χ3n) is 1.68. The fourth-order valence-corrected chi connectivity index (χ4v) is 1.38. The Morgan fingerprint density at radius 2 is 2.00 bits per heavy atom. The lowest BCUT2D eigenvalue weighted by atomic mass is 9.82. The van der Waals surface area contributed by atoms with Crippen molar-refractivity contribution in [1.82, 2.24) is 0 Å². The number of rotatable bonds is 3. The highest BCUT2D eigenvalue weighted by molar-refractivity contribution is 6.57. The van der Waals surface area contributed by atoms with Gasteiger partial charge in [0.05, 0.1) is 12.1 Å². The number of benzene rings is 1. The van der Waals surface area contributed by atoms with Gasteiger partial charge in [0.25, 0.3) is 0 Å². The van der Waals surface area contributed by atoms with Crippen molar-refractivity contribution in [1.29, 1.82) is 0 Å². The average Bonchev–Trinajstić information content (AvgIpc) is 2.01. The first kappa shape index (κ1) is 11.2. The molecule has 0 aliphatic rings. The van der Waals surface area contributed by atoms with E-state index in [1.54, 1.807) is 0 Å². The minimum atomic E-state index is -4.81. The predicted octanol–water partition coefficient (Wildman–Crippen LogP) is 3.28.